The quantitative estimate of drug-likeness (QED) is 0.450. The second-order valence-electron chi connectivity index (χ2n) is 8.84. The molecular weight excluding hydrogens is 462 g/mol. The first-order valence-electron chi connectivity index (χ1n) is 11.8. The lowest BCUT2D eigenvalue weighted by Crippen LogP contribution is -2.31. The second-order valence-corrected chi connectivity index (χ2v) is 10.9. The van der Waals surface area contributed by atoms with Gasteiger partial charge in [0.2, 0.25) is 5.91 Å². The molecule has 1 N–H and O–H groups in total. The van der Waals surface area contributed by atoms with E-state index >= 15 is 0 Å². The maximum absolute atomic E-state index is 13.0. The van der Waals surface area contributed by atoms with Gasteiger partial charge in [0.1, 0.15) is 0 Å². The minimum Gasteiger partial charge on any atom is -0.326 e. The number of pyridine rings is 1. The molecule has 0 spiro atoms. The van der Waals surface area contributed by atoms with E-state index < -0.39 is 9.84 Å². The van der Waals surface area contributed by atoms with Crippen LogP contribution >= 0.6 is 0 Å². The van der Waals surface area contributed by atoms with Crippen molar-refractivity contribution in [3.05, 3.63) is 84.2 Å². The Balaban J connectivity index is 1.36. The van der Waals surface area contributed by atoms with Crippen LogP contribution in [0.4, 0.5) is 11.4 Å². The number of anilines is 2. The molecule has 1 aliphatic carbocycles. The number of hydrogen-bond acceptors (Lipinski definition) is 5. The van der Waals surface area contributed by atoms with E-state index in [-0.39, 0.29) is 29.9 Å². The van der Waals surface area contributed by atoms with Crippen LogP contribution in [-0.2, 0) is 21.1 Å². The molecule has 0 atom stereocenters. The zero-order chi connectivity index (χ0) is 24.8. The van der Waals surface area contributed by atoms with Gasteiger partial charge in [0.25, 0.3) is 5.91 Å². The summed E-state index contributed by atoms with van der Waals surface area (Å²) in [6, 6.07) is 16.9. The van der Waals surface area contributed by atoms with Crippen LogP contribution in [0.15, 0.2) is 78.0 Å². The highest BCUT2D eigenvalue weighted by molar-refractivity contribution is 7.91. The van der Waals surface area contributed by atoms with Gasteiger partial charge in [-0.3, -0.25) is 14.6 Å². The van der Waals surface area contributed by atoms with E-state index in [9.17, 15) is 18.0 Å². The number of sulfone groups is 1. The van der Waals surface area contributed by atoms with Gasteiger partial charge in [0, 0.05) is 24.0 Å². The number of nitrogens with zero attached hydrogens (tertiary/aromatic N) is 2. The molecule has 0 unspecified atom stereocenters. The number of nitrogens with one attached hydrogen (secondary N) is 1. The summed E-state index contributed by atoms with van der Waals surface area (Å²) in [5.74, 6) is 0.135. The summed E-state index contributed by atoms with van der Waals surface area (Å²) in [5, 5.41) is 2.83. The Morgan fingerprint density at radius 3 is 2.34 bits per heavy atom. The molecule has 182 valence electrons. The van der Waals surface area contributed by atoms with E-state index in [2.05, 4.69) is 10.3 Å². The predicted octanol–water partition coefficient (Wildman–Crippen LogP) is 4.50. The summed E-state index contributed by atoms with van der Waals surface area (Å²) in [7, 11) is -3.26. The standard InChI is InChI=1S/C27H29N3O4S/c1-2-16-30(24-4-3-15-28-18-24)27(32)22-9-11-23(12-10-22)29-26(31)17-20-7-13-25(14-8-20)35(33,34)19-21-5-6-21/h3-4,7-15,18,21H,2,5-6,16-17,19H2,1H3,(H,29,31). The number of carbonyl (C=O) groups excluding carboxylic acids is 2. The molecule has 3 aromatic rings. The summed E-state index contributed by atoms with van der Waals surface area (Å²) < 4.78 is 24.8. The Morgan fingerprint density at radius 2 is 1.74 bits per heavy atom. The van der Waals surface area contributed by atoms with Crippen LogP contribution in [0, 0.1) is 5.92 Å². The van der Waals surface area contributed by atoms with Crippen molar-refractivity contribution in [2.45, 2.75) is 37.5 Å². The highest BCUT2D eigenvalue weighted by Gasteiger charge is 2.29. The average molecular weight is 492 g/mol. The third kappa shape index (κ3) is 6.54. The molecule has 0 radical (unpaired) electrons. The molecule has 7 nitrogen and oxygen atoms in total. The Morgan fingerprint density at radius 1 is 1.03 bits per heavy atom. The van der Waals surface area contributed by atoms with Gasteiger partial charge in [-0.15, -0.1) is 0 Å². The van der Waals surface area contributed by atoms with Gasteiger partial charge >= 0.3 is 0 Å². The monoisotopic (exact) mass is 491 g/mol. The van der Waals surface area contributed by atoms with Gasteiger partial charge in [-0.25, -0.2) is 8.42 Å². The molecule has 2 aromatic carbocycles. The first-order valence-corrected chi connectivity index (χ1v) is 13.4. The number of rotatable bonds is 10. The van der Waals surface area contributed by atoms with Crippen LogP contribution in [0.25, 0.3) is 0 Å². The van der Waals surface area contributed by atoms with Gasteiger partial charge in [0.05, 0.1) is 29.0 Å². The van der Waals surface area contributed by atoms with Crippen LogP contribution in [0.5, 0.6) is 0 Å². The first kappa shape index (κ1) is 24.6. The molecule has 2 amide bonds. The molecule has 8 heteroatoms. The van der Waals surface area contributed by atoms with E-state index in [1.807, 2.05) is 13.0 Å². The fourth-order valence-electron chi connectivity index (χ4n) is 3.83. The number of aromatic nitrogens is 1. The number of hydrogen-bond donors (Lipinski definition) is 1. The molecule has 4 rings (SSSR count). The van der Waals surface area contributed by atoms with Crippen LogP contribution in [0.3, 0.4) is 0 Å². The Bertz CT molecular complexity index is 1270. The van der Waals surface area contributed by atoms with Crippen molar-refractivity contribution in [2.24, 2.45) is 5.92 Å². The molecule has 0 aliphatic heterocycles. The van der Waals surface area contributed by atoms with Gasteiger partial charge in [-0.05, 0) is 79.3 Å². The van der Waals surface area contributed by atoms with E-state index in [0.29, 0.717) is 22.7 Å². The van der Waals surface area contributed by atoms with Gasteiger partial charge in [-0.1, -0.05) is 19.1 Å². The predicted molar refractivity (Wildman–Crippen MR) is 136 cm³/mol. The van der Waals surface area contributed by atoms with Crippen molar-refractivity contribution >= 4 is 33.0 Å². The van der Waals surface area contributed by atoms with Crippen LogP contribution in [0.2, 0.25) is 0 Å². The van der Waals surface area contributed by atoms with Gasteiger partial charge in [-0.2, -0.15) is 0 Å². The zero-order valence-corrected chi connectivity index (χ0v) is 20.5. The van der Waals surface area contributed by atoms with Crippen molar-refractivity contribution in [1.82, 2.24) is 4.98 Å². The number of amides is 2. The Kier molecular flexibility index (Phi) is 7.60. The molecule has 35 heavy (non-hydrogen) atoms. The van der Waals surface area contributed by atoms with E-state index in [4.69, 9.17) is 0 Å². The third-order valence-electron chi connectivity index (χ3n) is 5.86. The summed E-state index contributed by atoms with van der Waals surface area (Å²) in [6.45, 7) is 2.58. The Hall–Kier alpha value is -3.52. The van der Waals surface area contributed by atoms with Crippen molar-refractivity contribution < 1.29 is 18.0 Å². The van der Waals surface area contributed by atoms with Crippen molar-refractivity contribution in [3.63, 3.8) is 0 Å². The minimum absolute atomic E-state index is 0.120. The number of carbonyl (C=O) groups is 2. The highest BCUT2D eigenvalue weighted by atomic mass is 32.2. The van der Waals surface area contributed by atoms with Crippen molar-refractivity contribution in [2.75, 3.05) is 22.5 Å². The van der Waals surface area contributed by atoms with Crippen LogP contribution in [0.1, 0.15) is 42.1 Å². The van der Waals surface area contributed by atoms with E-state index in [0.717, 1.165) is 30.5 Å². The molecule has 0 saturated heterocycles. The van der Waals surface area contributed by atoms with Crippen molar-refractivity contribution in [3.8, 4) is 0 Å². The lowest BCUT2D eigenvalue weighted by molar-refractivity contribution is -0.115. The maximum Gasteiger partial charge on any atom is 0.258 e. The average Bonchev–Trinajstić information content (AvgIpc) is 3.67. The normalized spacial score (nSPS) is 13.3. The van der Waals surface area contributed by atoms with Crippen LogP contribution in [-0.4, -0.2) is 37.5 Å². The van der Waals surface area contributed by atoms with Crippen molar-refractivity contribution in [1.29, 1.82) is 0 Å². The topological polar surface area (TPSA) is 96.4 Å². The molecule has 1 fully saturated rings. The molecule has 0 bridgehead atoms. The first-order chi connectivity index (χ1) is 16.9. The second kappa shape index (κ2) is 10.8. The smallest absolute Gasteiger partial charge is 0.258 e. The summed E-state index contributed by atoms with van der Waals surface area (Å²) >= 11 is 0. The Labute approximate surface area is 206 Å². The number of benzene rings is 2. The zero-order valence-electron chi connectivity index (χ0n) is 19.7. The molecule has 1 heterocycles. The molecule has 1 aromatic heterocycles. The lowest BCUT2D eigenvalue weighted by atomic mass is 10.1. The maximum atomic E-state index is 13.0. The van der Waals surface area contributed by atoms with Crippen LogP contribution < -0.4 is 10.2 Å². The lowest BCUT2D eigenvalue weighted by Gasteiger charge is -2.22. The summed E-state index contributed by atoms with van der Waals surface area (Å²) in [4.78, 5) is 31.6. The third-order valence-corrected chi connectivity index (χ3v) is 7.77. The minimum atomic E-state index is -3.26. The van der Waals surface area contributed by atoms with Gasteiger partial charge < -0.3 is 10.2 Å². The SMILES string of the molecule is CCCN(C(=O)c1ccc(NC(=O)Cc2ccc(S(=O)(=O)CC3CC3)cc2)cc1)c1cccnc1. The molecular formula is C27H29N3O4S. The molecule has 1 saturated carbocycles. The molecule has 1 aliphatic rings. The highest BCUT2D eigenvalue weighted by Crippen LogP contribution is 2.32. The summed E-state index contributed by atoms with van der Waals surface area (Å²) in [5.41, 5.74) is 2.57. The van der Waals surface area contributed by atoms with E-state index in [1.54, 1.807) is 71.9 Å². The summed E-state index contributed by atoms with van der Waals surface area (Å²) in [6.07, 6.45) is 6.22. The van der Waals surface area contributed by atoms with E-state index in [1.165, 1.54) is 0 Å². The largest absolute Gasteiger partial charge is 0.326 e. The fourth-order valence-corrected chi connectivity index (χ4v) is 5.53. The fraction of sp³-hybridized carbons (Fsp3) is 0.296. The van der Waals surface area contributed by atoms with Gasteiger partial charge in [0.15, 0.2) is 9.84 Å².